The molecule has 0 aromatic carbocycles. The van der Waals surface area contributed by atoms with E-state index in [4.69, 9.17) is 0 Å². The quantitative estimate of drug-likeness (QED) is 0.651. The highest BCUT2D eigenvalue weighted by Crippen LogP contribution is 2.05. The number of H-pyrrole nitrogens is 2. The second-order valence-electron chi connectivity index (χ2n) is 3.42. The first-order valence-corrected chi connectivity index (χ1v) is 4.69. The van der Waals surface area contributed by atoms with E-state index in [0.717, 1.165) is 11.4 Å². The second-order valence-corrected chi connectivity index (χ2v) is 3.42. The van der Waals surface area contributed by atoms with Gasteiger partial charge in [-0.1, -0.05) is 0 Å². The van der Waals surface area contributed by atoms with Gasteiger partial charge < -0.3 is 0 Å². The third-order valence-corrected chi connectivity index (χ3v) is 2.20. The summed E-state index contributed by atoms with van der Waals surface area (Å²) in [4.78, 5) is 24.2. The fourth-order valence-corrected chi connectivity index (χ4v) is 1.37. The number of anilines is 1. The molecule has 0 radical (unpaired) electrons. The van der Waals surface area contributed by atoms with Gasteiger partial charge in [-0.2, -0.15) is 0 Å². The largest absolute Gasteiger partial charge is 0.342 e. The Kier molecular flexibility index (Phi) is 2.35. The van der Waals surface area contributed by atoms with Crippen LogP contribution in [0.3, 0.4) is 0 Å². The molecule has 16 heavy (non-hydrogen) atoms. The second kappa shape index (κ2) is 3.69. The zero-order chi connectivity index (χ0) is 11.7. The van der Waals surface area contributed by atoms with Crippen molar-refractivity contribution in [2.24, 2.45) is 0 Å². The monoisotopic (exact) mass is 221 g/mol. The van der Waals surface area contributed by atoms with E-state index < -0.39 is 11.2 Å². The molecule has 0 fully saturated rings. The summed E-state index contributed by atoms with van der Waals surface area (Å²) in [5.41, 5.74) is 3.49. The van der Waals surface area contributed by atoms with E-state index >= 15 is 0 Å². The van der Waals surface area contributed by atoms with Crippen LogP contribution in [0.4, 0.5) is 5.82 Å². The molecule has 0 saturated heterocycles. The molecule has 0 aliphatic heterocycles. The van der Waals surface area contributed by atoms with E-state index in [9.17, 15) is 9.59 Å². The number of hydrogen-bond donors (Lipinski definition) is 3. The zero-order valence-corrected chi connectivity index (χ0v) is 8.87. The Morgan fingerprint density at radius 1 is 1.25 bits per heavy atom. The molecule has 0 aliphatic rings. The van der Waals surface area contributed by atoms with Crippen molar-refractivity contribution in [3.8, 4) is 0 Å². The first-order chi connectivity index (χ1) is 7.58. The van der Waals surface area contributed by atoms with Crippen LogP contribution in [-0.2, 0) is 0 Å². The standard InChI is InChI=1S/C9H11N5O2/c1-5-3-4-6(2)14(5)13-7-8(15)10-9(16)12-11-7/h3-4H,1-2H3,(H,11,13)(H2,10,12,15,16). The van der Waals surface area contributed by atoms with Gasteiger partial charge in [-0.15, -0.1) is 5.10 Å². The number of aromatic nitrogens is 4. The summed E-state index contributed by atoms with van der Waals surface area (Å²) in [5, 5.41) is 5.78. The lowest BCUT2D eigenvalue weighted by Gasteiger charge is -2.09. The molecule has 2 aromatic rings. The highest BCUT2D eigenvalue weighted by atomic mass is 16.2. The van der Waals surface area contributed by atoms with Crippen molar-refractivity contribution in [3.05, 3.63) is 44.4 Å². The van der Waals surface area contributed by atoms with E-state index in [1.54, 1.807) is 4.68 Å². The topological polar surface area (TPSA) is 95.6 Å². The van der Waals surface area contributed by atoms with Crippen LogP contribution in [0.1, 0.15) is 11.4 Å². The molecule has 2 heterocycles. The molecule has 0 aliphatic carbocycles. The molecule has 0 atom stereocenters. The van der Waals surface area contributed by atoms with E-state index in [2.05, 4.69) is 20.6 Å². The normalized spacial score (nSPS) is 10.4. The number of aromatic amines is 2. The Hall–Kier alpha value is -2.31. The Morgan fingerprint density at radius 2 is 1.88 bits per heavy atom. The van der Waals surface area contributed by atoms with Gasteiger partial charge in [0.1, 0.15) is 0 Å². The minimum absolute atomic E-state index is 0.0435. The van der Waals surface area contributed by atoms with Crippen molar-refractivity contribution in [2.75, 3.05) is 5.43 Å². The van der Waals surface area contributed by atoms with Gasteiger partial charge in [0.25, 0.3) is 5.56 Å². The van der Waals surface area contributed by atoms with Crippen molar-refractivity contribution in [1.29, 1.82) is 0 Å². The lowest BCUT2D eigenvalue weighted by Crippen LogP contribution is -2.29. The maximum atomic E-state index is 11.4. The van der Waals surface area contributed by atoms with Crippen molar-refractivity contribution in [3.63, 3.8) is 0 Å². The fourth-order valence-electron chi connectivity index (χ4n) is 1.37. The Bertz CT molecular complexity index is 602. The summed E-state index contributed by atoms with van der Waals surface area (Å²) < 4.78 is 1.70. The van der Waals surface area contributed by atoms with Gasteiger partial charge in [0, 0.05) is 11.4 Å². The van der Waals surface area contributed by atoms with Gasteiger partial charge in [-0.05, 0) is 26.0 Å². The Balaban J connectivity index is 2.42. The number of rotatable bonds is 2. The van der Waals surface area contributed by atoms with Crippen LogP contribution >= 0.6 is 0 Å². The van der Waals surface area contributed by atoms with Crippen LogP contribution in [0.25, 0.3) is 0 Å². The van der Waals surface area contributed by atoms with Crippen LogP contribution in [0.5, 0.6) is 0 Å². The molecule has 7 heteroatoms. The van der Waals surface area contributed by atoms with Crippen LogP contribution < -0.4 is 16.7 Å². The molecule has 0 amide bonds. The van der Waals surface area contributed by atoms with Gasteiger partial charge in [-0.25, -0.2) is 9.89 Å². The van der Waals surface area contributed by atoms with Gasteiger partial charge in [-0.3, -0.25) is 19.9 Å². The van der Waals surface area contributed by atoms with Gasteiger partial charge in [0.2, 0.25) is 5.82 Å². The summed E-state index contributed by atoms with van der Waals surface area (Å²) in [5.74, 6) is 0.0435. The summed E-state index contributed by atoms with van der Waals surface area (Å²) in [6.07, 6.45) is 0. The van der Waals surface area contributed by atoms with Crippen molar-refractivity contribution < 1.29 is 0 Å². The van der Waals surface area contributed by atoms with E-state index in [1.807, 2.05) is 26.0 Å². The summed E-state index contributed by atoms with van der Waals surface area (Å²) in [6, 6.07) is 3.81. The average Bonchev–Trinajstić information content (AvgIpc) is 2.53. The molecule has 84 valence electrons. The van der Waals surface area contributed by atoms with Crippen molar-refractivity contribution in [2.45, 2.75) is 13.8 Å². The number of aryl methyl sites for hydroxylation is 2. The fraction of sp³-hybridized carbons (Fsp3) is 0.222. The lowest BCUT2D eigenvalue weighted by atomic mass is 10.5. The van der Waals surface area contributed by atoms with Crippen LogP contribution in [0.2, 0.25) is 0 Å². The maximum absolute atomic E-state index is 11.4. The van der Waals surface area contributed by atoms with Crippen LogP contribution in [0.15, 0.2) is 21.7 Å². The highest BCUT2D eigenvalue weighted by molar-refractivity contribution is 5.31. The van der Waals surface area contributed by atoms with Crippen molar-refractivity contribution >= 4 is 5.82 Å². The summed E-state index contributed by atoms with van der Waals surface area (Å²) >= 11 is 0. The molecule has 2 aromatic heterocycles. The lowest BCUT2D eigenvalue weighted by molar-refractivity contribution is 0.822. The average molecular weight is 221 g/mol. The Morgan fingerprint density at radius 3 is 2.44 bits per heavy atom. The zero-order valence-electron chi connectivity index (χ0n) is 8.87. The van der Waals surface area contributed by atoms with E-state index in [0.29, 0.717) is 0 Å². The minimum Gasteiger partial charge on any atom is -0.272 e. The summed E-state index contributed by atoms with van der Waals surface area (Å²) in [7, 11) is 0. The number of nitrogens with zero attached hydrogens (tertiary/aromatic N) is 2. The summed E-state index contributed by atoms with van der Waals surface area (Å²) in [6.45, 7) is 3.78. The smallest absolute Gasteiger partial charge is 0.272 e. The SMILES string of the molecule is Cc1ccc(C)n1Nc1n[nH]c(=O)[nH]c1=O. The highest BCUT2D eigenvalue weighted by Gasteiger charge is 2.05. The maximum Gasteiger partial charge on any atom is 0.342 e. The van der Waals surface area contributed by atoms with Crippen LogP contribution in [0, 0.1) is 13.8 Å². The van der Waals surface area contributed by atoms with Crippen molar-refractivity contribution in [1.82, 2.24) is 19.9 Å². The predicted molar refractivity (Wildman–Crippen MR) is 58.4 cm³/mol. The molecular weight excluding hydrogens is 210 g/mol. The van der Waals surface area contributed by atoms with Gasteiger partial charge in [0.05, 0.1) is 0 Å². The predicted octanol–water partition coefficient (Wildman–Crippen LogP) is -0.248. The molecule has 7 nitrogen and oxygen atoms in total. The molecular formula is C9H11N5O2. The third-order valence-electron chi connectivity index (χ3n) is 2.20. The van der Waals surface area contributed by atoms with Gasteiger partial charge in [0.15, 0.2) is 0 Å². The van der Waals surface area contributed by atoms with E-state index in [1.165, 1.54) is 0 Å². The first kappa shape index (κ1) is 10.2. The Labute approximate surface area is 90.1 Å². The first-order valence-electron chi connectivity index (χ1n) is 4.69. The molecule has 0 unspecified atom stereocenters. The molecule has 0 saturated carbocycles. The van der Waals surface area contributed by atoms with E-state index in [-0.39, 0.29) is 5.82 Å². The van der Waals surface area contributed by atoms with Crippen LogP contribution in [-0.4, -0.2) is 19.9 Å². The number of hydrogen-bond acceptors (Lipinski definition) is 4. The molecule has 2 rings (SSSR count). The molecule has 0 spiro atoms. The van der Waals surface area contributed by atoms with Gasteiger partial charge >= 0.3 is 5.69 Å². The third kappa shape index (κ3) is 1.74. The molecule has 3 N–H and O–H groups in total. The molecule has 0 bridgehead atoms. The number of nitrogens with one attached hydrogen (secondary N) is 3. The minimum atomic E-state index is -0.628.